The van der Waals surface area contributed by atoms with Crippen LogP contribution in [0, 0.1) is 5.92 Å². The van der Waals surface area contributed by atoms with Crippen molar-refractivity contribution >= 4 is 17.7 Å². The van der Waals surface area contributed by atoms with Crippen LogP contribution in [0.15, 0.2) is 4.63 Å². The number of hydrogen-bond donors (Lipinski definition) is 3. The summed E-state index contributed by atoms with van der Waals surface area (Å²) in [5.74, 6) is -1.74. The Labute approximate surface area is 97.1 Å². The molecule has 8 heteroatoms. The van der Waals surface area contributed by atoms with Gasteiger partial charge in [-0.25, -0.2) is 4.63 Å². The molecule has 1 aromatic heterocycles. The maximum atomic E-state index is 11.7. The summed E-state index contributed by atoms with van der Waals surface area (Å²) in [6, 6.07) is -0.504. The third kappa shape index (κ3) is 3.44. The number of nitrogen functional groups attached to an aromatic ring is 1. The molecular formula is C9H14N4O4. The third-order valence-electron chi connectivity index (χ3n) is 2.24. The Bertz CT molecular complexity index is 415. The lowest BCUT2D eigenvalue weighted by molar-refractivity contribution is -0.137. The van der Waals surface area contributed by atoms with Crippen LogP contribution in [0.3, 0.4) is 0 Å². The lowest BCUT2D eigenvalue weighted by Gasteiger charge is -2.19. The van der Waals surface area contributed by atoms with Gasteiger partial charge in [-0.3, -0.25) is 9.59 Å². The predicted octanol–water partition coefficient (Wildman–Crippen LogP) is -0.119. The van der Waals surface area contributed by atoms with Gasteiger partial charge in [-0.1, -0.05) is 13.8 Å². The van der Waals surface area contributed by atoms with Crippen molar-refractivity contribution in [3.8, 4) is 0 Å². The van der Waals surface area contributed by atoms with Crippen molar-refractivity contribution in [2.24, 2.45) is 5.92 Å². The molecule has 0 saturated carbocycles. The first-order valence-corrected chi connectivity index (χ1v) is 5.02. The largest absolute Gasteiger partial charge is 0.481 e. The highest BCUT2D eigenvalue weighted by atomic mass is 16.6. The molecule has 0 saturated heterocycles. The van der Waals surface area contributed by atoms with Crippen LogP contribution in [0.5, 0.6) is 0 Å². The fourth-order valence-corrected chi connectivity index (χ4v) is 1.23. The molecule has 1 heterocycles. The van der Waals surface area contributed by atoms with Crippen LogP contribution in [-0.4, -0.2) is 33.3 Å². The van der Waals surface area contributed by atoms with Crippen LogP contribution >= 0.6 is 0 Å². The number of carboxylic acid groups (broad SMARTS) is 1. The van der Waals surface area contributed by atoms with E-state index in [-0.39, 0.29) is 23.9 Å². The molecule has 8 nitrogen and oxygen atoms in total. The number of carbonyl (C=O) groups excluding carboxylic acids is 1. The Morgan fingerprint density at radius 1 is 1.47 bits per heavy atom. The molecule has 0 aliphatic heterocycles. The third-order valence-corrected chi connectivity index (χ3v) is 2.24. The Balaban J connectivity index is 2.71. The van der Waals surface area contributed by atoms with Gasteiger partial charge in [0.2, 0.25) is 11.5 Å². The Kier molecular flexibility index (Phi) is 4.02. The second-order valence-corrected chi connectivity index (χ2v) is 3.92. The molecule has 0 radical (unpaired) electrons. The van der Waals surface area contributed by atoms with Gasteiger partial charge in [0.25, 0.3) is 5.91 Å². The topological polar surface area (TPSA) is 131 Å². The molecule has 0 fully saturated rings. The van der Waals surface area contributed by atoms with Crippen molar-refractivity contribution in [1.29, 1.82) is 0 Å². The van der Waals surface area contributed by atoms with Crippen molar-refractivity contribution in [2.45, 2.75) is 26.3 Å². The van der Waals surface area contributed by atoms with Crippen molar-refractivity contribution in [1.82, 2.24) is 15.6 Å². The fraction of sp³-hybridized carbons (Fsp3) is 0.556. The monoisotopic (exact) mass is 242 g/mol. The molecule has 0 bridgehead atoms. The molecule has 1 unspecified atom stereocenters. The molecular weight excluding hydrogens is 228 g/mol. The molecule has 1 rings (SSSR count). The summed E-state index contributed by atoms with van der Waals surface area (Å²) in [5, 5.41) is 17.8. The van der Waals surface area contributed by atoms with Crippen LogP contribution in [-0.2, 0) is 4.79 Å². The van der Waals surface area contributed by atoms with E-state index in [1.807, 2.05) is 0 Å². The van der Waals surface area contributed by atoms with Crippen LogP contribution in [0.2, 0.25) is 0 Å². The van der Waals surface area contributed by atoms with E-state index in [0.29, 0.717) is 0 Å². The number of anilines is 1. The van der Waals surface area contributed by atoms with Gasteiger partial charge < -0.3 is 16.2 Å². The van der Waals surface area contributed by atoms with E-state index in [9.17, 15) is 9.59 Å². The van der Waals surface area contributed by atoms with Gasteiger partial charge in [0, 0.05) is 6.04 Å². The number of amides is 1. The zero-order valence-corrected chi connectivity index (χ0v) is 9.51. The van der Waals surface area contributed by atoms with Crippen molar-refractivity contribution in [3.63, 3.8) is 0 Å². The number of rotatable bonds is 5. The maximum Gasteiger partial charge on any atom is 0.305 e. The van der Waals surface area contributed by atoms with Crippen LogP contribution in [0.1, 0.15) is 30.8 Å². The van der Waals surface area contributed by atoms with E-state index < -0.39 is 17.9 Å². The van der Waals surface area contributed by atoms with Gasteiger partial charge in [-0.05, 0) is 16.2 Å². The number of nitrogens with one attached hydrogen (secondary N) is 1. The minimum atomic E-state index is -0.991. The zero-order chi connectivity index (χ0) is 13.0. The van der Waals surface area contributed by atoms with Gasteiger partial charge in [0.05, 0.1) is 6.42 Å². The van der Waals surface area contributed by atoms with Crippen molar-refractivity contribution < 1.29 is 19.3 Å². The minimum Gasteiger partial charge on any atom is -0.481 e. The van der Waals surface area contributed by atoms with E-state index >= 15 is 0 Å². The van der Waals surface area contributed by atoms with E-state index in [2.05, 4.69) is 20.3 Å². The Morgan fingerprint density at radius 2 is 2.12 bits per heavy atom. The quantitative estimate of drug-likeness (QED) is 0.655. The SMILES string of the molecule is CC(C)C(CC(=O)O)NC(=O)c1nonc1N. The normalized spacial score (nSPS) is 12.4. The number of carboxylic acids is 1. The van der Waals surface area contributed by atoms with Gasteiger partial charge >= 0.3 is 5.97 Å². The van der Waals surface area contributed by atoms with Gasteiger partial charge in [0.15, 0.2) is 0 Å². The molecule has 0 aromatic carbocycles. The summed E-state index contributed by atoms with van der Waals surface area (Å²) in [6.07, 6.45) is -0.172. The molecule has 0 spiro atoms. The lowest BCUT2D eigenvalue weighted by atomic mass is 10.0. The van der Waals surface area contributed by atoms with E-state index in [4.69, 9.17) is 10.8 Å². The van der Waals surface area contributed by atoms with Crippen LogP contribution in [0.4, 0.5) is 5.82 Å². The van der Waals surface area contributed by atoms with Gasteiger partial charge in [-0.15, -0.1) is 0 Å². The maximum absolute atomic E-state index is 11.7. The summed E-state index contributed by atoms with van der Waals surface area (Å²) in [6.45, 7) is 3.61. The highest BCUT2D eigenvalue weighted by Gasteiger charge is 2.23. The fourth-order valence-electron chi connectivity index (χ4n) is 1.23. The molecule has 0 aliphatic carbocycles. The number of nitrogens with zero attached hydrogens (tertiary/aromatic N) is 2. The summed E-state index contributed by atoms with van der Waals surface area (Å²) in [4.78, 5) is 22.3. The van der Waals surface area contributed by atoms with Gasteiger partial charge in [-0.2, -0.15) is 0 Å². The van der Waals surface area contributed by atoms with Crippen molar-refractivity contribution in [3.05, 3.63) is 5.69 Å². The van der Waals surface area contributed by atoms with E-state index in [0.717, 1.165) is 0 Å². The smallest absolute Gasteiger partial charge is 0.305 e. The molecule has 4 N–H and O–H groups in total. The predicted molar refractivity (Wildman–Crippen MR) is 57.1 cm³/mol. The Morgan fingerprint density at radius 3 is 2.53 bits per heavy atom. The standard InChI is InChI=1S/C9H14N4O4/c1-4(2)5(3-6(14)15)11-9(16)7-8(10)13-17-12-7/h4-5H,3H2,1-2H3,(H2,10,13)(H,11,16)(H,14,15). The first kappa shape index (κ1) is 12.9. The Hall–Kier alpha value is -2.12. The van der Waals surface area contributed by atoms with Crippen LogP contribution < -0.4 is 11.1 Å². The number of hydrogen-bond acceptors (Lipinski definition) is 6. The molecule has 17 heavy (non-hydrogen) atoms. The second kappa shape index (κ2) is 5.28. The highest BCUT2D eigenvalue weighted by Crippen LogP contribution is 2.09. The number of aromatic nitrogens is 2. The first-order valence-electron chi connectivity index (χ1n) is 5.02. The summed E-state index contributed by atoms with van der Waals surface area (Å²) in [7, 11) is 0. The molecule has 1 aromatic rings. The van der Waals surface area contributed by atoms with Crippen molar-refractivity contribution in [2.75, 3.05) is 5.73 Å². The molecule has 1 amide bonds. The summed E-state index contributed by atoms with van der Waals surface area (Å²) < 4.78 is 4.29. The highest BCUT2D eigenvalue weighted by molar-refractivity contribution is 5.96. The van der Waals surface area contributed by atoms with Crippen LogP contribution in [0.25, 0.3) is 0 Å². The molecule has 94 valence electrons. The number of aliphatic carboxylic acids is 1. The number of nitrogens with two attached hydrogens (primary N) is 1. The summed E-state index contributed by atoms with van der Waals surface area (Å²) in [5.41, 5.74) is 5.21. The second-order valence-electron chi connectivity index (χ2n) is 3.92. The average Bonchev–Trinajstić information content (AvgIpc) is 2.62. The average molecular weight is 242 g/mol. The van der Waals surface area contributed by atoms with Gasteiger partial charge in [0.1, 0.15) is 0 Å². The van der Waals surface area contributed by atoms with E-state index in [1.54, 1.807) is 13.8 Å². The summed E-state index contributed by atoms with van der Waals surface area (Å²) >= 11 is 0. The zero-order valence-electron chi connectivity index (χ0n) is 9.51. The molecule has 1 atom stereocenters. The molecule has 0 aliphatic rings. The van der Waals surface area contributed by atoms with E-state index in [1.165, 1.54) is 0 Å². The lowest BCUT2D eigenvalue weighted by Crippen LogP contribution is -2.40. The minimum absolute atomic E-state index is 0.0314. The first-order chi connectivity index (χ1) is 7.91. The number of carbonyl (C=O) groups is 2.